The molecule has 3 aliphatic heterocycles. The summed E-state index contributed by atoms with van der Waals surface area (Å²) in [5, 5.41) is 4.19. The van der Waals surface area contributed by atoms with E-state index in [0.717, 1.165) is 74.9 Å². The van der Waals surface area contributed by atoms with Crippen LogP contribution in [0.5, 0.6) is 5.75 Å². The number of benzene rings is 2. The lowest BCUT2D eigenvalue weighted by molar-refractivity contribution is -0.125. The Labute approximate surface area is 214 Å². The second kappa shape index (κ2) is 10.4. The summed E-state index contributed by atoms with van der Waals surface area (Å²) in [5.74, 6) is 1.22. The number of halogens is 1. The summed E-state index contributed by atoms with van der Waals surface area (Å²) in [4.78, 5) is 18.2. The predicted octanol–water partition coefficient (Wildman–Crippen LogP) is 5.09. The Morgan fingerprint density at radius 1 is 1.14 bits per heavy atom. The number of hydrogen-bond donors (Lipinski definition) is 1. The summed E-state index contributed by atoms with van der Waals surface area (Å²) in [6, 6.07) is 14.6. The number of nitrogens with one attached hydrogen (secondary N) is 1. The number of amides is 1. The van der Waals surface area contributed by atoms with Crippen LogP contribution in [-0.4, -0.2) is 55.2 Å². The summed E-state index contributed by atoms with van der Waals surface area (Å²) in [6.07, 6.45) is 6.32. The fourth-order valence-electron chi connectivity index (χ4n) is 5.74. The zero-order valence-electron chi connectivity index (χ0n) is 21.1. The van der Waals surface area contributed by atoms with Crippen LogP contribution in [0.15, 0.2) is 42.5 Å². The molecule has 2 fully saturated rings. The van der Waals surface area contributed by atoms with Gasteiger partial charge in [-0.2, -0.15) is 0 Å². The number of carbonyl (C=O) groups is 1. The van der Waals surface area contributed by atoms with E-state index < -0.39 is 0 Å². The monoisotopic (exact) mass is 495 g/mol. The van der Waals surface area contributed by atoms with Gasteiger partial charge in [0.2, 0.25) is 5.91 Å². The Balaban J connectivity index is 1.24. The van der Waals surface area contributed by atoms with Gasteiger partial charge in [0.05, 0.1) is 5.92 Å². The van der Waals surface area contributed by atoms with Gasteiger partial charge in [0.15, 0.2) is 0 Å². The van der Waals surface area contributed by atoms with Crippen LogP contribution in [-0.2, 0) is 17.6 Å². The van der Waals surface area contributed by atoms with Crippen molar-refractivity contribution in [2.24, 2.45) is 5.92 Å². The molecule has 2 aromatic carbocycles. The van der Waals surface area contributed by atoms with Crippen LogP contribution in [0.1, 0.15) is 50.7 Å². The molecule has 0 aliphatic carbocycles. The highest BCUT2D eigenvalue weighted by Gasteiger charge is 2.31. The lowest BCUT2D eigenvalue weighted by atomic mass is 9.92. The maximum atomic E-state index is 13.4. The first-order valence-electron chi connectivity index (χ1n) is 13.2. The second-order valence-corrected chi connectivity index (χ2v) is 11.6. The molecular formula is C29H38ClN3O2. The van der Waals surface area contributed by atoms with Crippen molar-refractivity contribution in [3.05, 3.63) is 58.6 Å². The highest BCUT2D eigenvalue weighted by Crippen LogP contribution is 2.34. The topological polar surface area (TPSA) is 44.8 Å². The number of anilines is 1. The van der Waals surface area contributed by atoms with Crippen molar-refractivity contribution < 1.29 is 9.53 Å². The van der Waals surface area contributed by atoms with Gasteiger partial charge in [0.25, 0.3) is 0 Å². The third-order valence-corrected chi connectivity index (χ3v) is 8.02. The van der Waals surface area contributed by atoms with E-state index in [1.54, 1.807) is 0 Å². The number of aryl methyl sites for hydroxylation is 1. The second-order valence-electron chi connectivity index (χ2n) is 11.1. The maximum Gasteiger partial charge on any atom is 0.225 e. The highest BCUT2D eigenvalue weighted by atomic mass is 35.5. The van der Waals surface area contributed by atoms with Crippen LogP contribution >= 0.6 is 11.6 Å². The van der Waals surface area contributed by atoms with Gasteiger partial charge in [-0.1, -0.05) is 23.7 Å². The third kappa shape index (κ3) is 6.13. The minimum absolute atomic E-state index is 0.0194. The number of ether oxygens (including phenoxy) is 1. The minimum atomic E-state index is -0.0953. The zero-order chi connectivity index (χ0) is 24.4. The molecule has 35 heavy (non-hydrogen) atoms. The number of likely N-dealkylation sites (tertiary alicyclic amines) is 1. The first-order chi connectivity index (χ1) is 16.8. The molecular weight excluding hydrogens is 458 g/mol. The minimum Gasteiger partial charge on any atom is -0.488 e. The molecule has 0 bridgehead atoms. The van der Waals surface area contributed by atoms with Crippen molar-refractivity contribution in [3.8, 4) is 5.75 Å². The molecule has 2 aromatic rings. The standard InChI is InChI=1S/C29H38ClN3O2/c1-29(2)13-11-22-17-21(5-10-27(22)35-29)18-25(20-32-14-3-4-15-32)31-28(34)23-12-16-33(19-23)26-8-6-24(30)7-9-26/h5-10,17,23,25H,3-4,11-16,18-20H2,1-2H3,(H,31,34)/t23-,25?/m1/s1. The van der Waals surface area contributed by atoms with Crippen molar-refractivity contribution in [3.63, 3.8) is 0 Å². The first kappa shape index (κ1) is 24.5. The van der Waals surface area contributed by atoms with Crippen LogP contribution in [0, 0.1) is 5.92 Å². The molecule has 3 heterocycles. The van der Waals surface area contributed by atoms with Crippen molar-refractivity contribution in [2.75, 3.05) is 37.6 Å². The largest absolute Gasteiger partial charge is 0.488 e. The molecule has 0 radical (unpaired) electrons. The lowest BCUT2D eigenvalue weighted by Crippen LogP contribution is -2.47. The van der Waals surface area contributed by atoms with Crippen LogP contribution in [0.3, 0.4) is 0 Å². The molecule has 2 atom stereocenters. The normalized spacial score (nSPS) is 22.5. The fraction of sp³-hybridized carbons (Fsp3) is 0.552. The van der Waals surface area contributed by atoms with Gasteiger partial charge in [0.1, 0.15) is 11.4 Å². The number of nitrogens with zero attached hydrogens (tertiary/aromatic N) is 2. The summed E-state index contributed by atoms with van der Waals surface area (Å²) in [7, 11) is 0. The van der Waals surface area contributed by atoms with Gasteiger partial charge in [0, 0.05) is 36.4 Å². The van der Waals surface area contributed by atoms with Crippen LogP contribution < -0.4 is 15.0 Å². The molecule has 0 spiro atoms. The zero-order valence-corrected chi connectivity index (χ0v) is 21.8. The smallest absolute Gasteiger partial charge is 0.225 e. The molecule has 3 aliphatic rings. The van der Waals surface area contributed by atoms with Gasteiger partial charge in [-0.15, -0.1) is 0 Å². The summed E-state index contributed by atoms with van der Waals surface area (Å²) in [5.41, 5.74) is 3.62. The van der Waals surface area contributed by atoms with Crippen LogP contribution in [0.25, 0.3) is 0 Å². The van der Waals surface area contributed by atoms with Gasteiger partial charge in [-0.25, -0.2) is 0 Å². The van der Waals surface area contributed by atoms with E-state index >= 15 is 0 Å². The predicted molar refractivity (Wildman–Crippen MR) is 143 cm³/mol. The maximum absolute atomic E-state index is 13.4. The molecule has 0 aromatic heterocycles. The SMILES string of the molecule is CC1(C)CCc2cc(CC(CN3CCCC3)NC(=O)[C@@H]3CCN(c4ccc(Cl)cc4)C3)ccc2O1. The van der Waals surface area contributed by atoms with E-state index in [2.05, 4.69) is 47.2 Å². The van der Waals surface area contributed by atoms with Crippen LogP contribution in [0.4, 0.5) is 5.69 Å². The molecule has 1 N–H and O–H groups in total. The molecule has 1 amide bonds. The Morgan fingerprint density at radius 2 is 1.91 bits per heavy atom. The van der Waals surface area contributed by atoms with E-state index in [-0.39, 0.29) is 23.5 Å². The molecule has 188 valence electrons. The van der Waals surface area contributed by atoms with Gasteiger partial charge in [-0.3, -0.25) is 4.79 Å². The average Bonchev–Trinajstić information content (AvgIpc) is 3.52. The van der Waals surface area contributed by atoms with Crippen molar-refractivity contribution >= 4 is 23.2 Å². The lowest BCUT2D eigenvalue weighted by Gasteiger charge is -2.33. The fourth-order valence-corrected chi connectivity index (χ4v) is 5.87. The first-order valence-corrected chi connectivity index (χ1v) is 13.6. The Hall–Kier alpha value is -2.24. The van der Waals surface area contributed by atoms with E-state index in [1.807, 2.05) is 24.3 Å². The van der Waals surface area contributed by atoms with Gasteiger partial charge >= 0.3 is 0 Å². The number of rotatable bonds is 7. The van der Waals surface area contributed by atoms with Crippen molar-refractivity contribution in [2.45, 2.75) is 64.0 Å². The number of fused-ring (bicyclic) bond motifs is 1. The molecule has 2 saturated heterocycles. The molecule has 5 rings (SSSR count). The van der Waals surface area contributed by atoms with E-state index in [9.17, 15) is 4.79 Å². The molecule has 1 unspecified atom stereocenters. The van der Waals surface area contributed by atoms with E-state index in [1.165, 1.54) is 24.0 Å². The number of hydrogen-bond acceptors (Lipinski definition) is 4. The summed E-state index contributed by atoms with van der Waals surface area (Å²) < 4.78 is 6.18. The third-order valence-electron chi connectivity index (χ3n) is 7.76. The molecule has 0 saturated carbocycles. The Bertz CT molecular complexity index is 1030. The Kier molecular flexibility index (Phi) is 7.26. The average molecular weight is 496 g/mol. The van der Waals surface area contributed by atoms with Gasteiger partial charge < -0.3 is 19.9 Å². The van der Waals surface area contributed by atoms with Gasteiger partial charge in [-0.05, 0) is 107 Å². The van der Waals surface area contributed by atoms with E-state index in [0.29, 0.717) is 0 Å². The quantitative estimate of drug-likeness (QED) is 0.581. The molecule has 6 heteroatoms. The van der Waals surface area contributed by atoms with Crippen molar-refractivity contribution in [1.29, 1.82) is 0 Å². The molecule has 5 nitrogen and oxygen atoms in total. The summed E-state index contributed by atoms with van der Waals surface area (Å²) >= 11 is 6.05. The summed E-state index contributed by atoms with van der Waals surface area (Å²) in [6.45, 7) is 9.15. The Morgan fingerprint density at radius 3 is 2.69 bits per heavy atom. The highest BCUT2D eigenvalue weighted by molar-refractivity contribution is 6.30. The van der Waals surface area contributed by atoms with Crippen LogP contribution in [0.2, 0.25) is 5.02 Å². The van der Waals surface area contributed by atoms with E-state index in [4.69, 9.17) is 16.3 Å². The van der Waals surface area contributed by atoms with Crippen molar-refractivity contribution in [1.82, 2.24) is 10.2 Å². The number of carbonyl (C=O) groups excluding carboxylic acids is 1.